The second-order valence-electron chi connectivity index (χ2n) is 3.84. The van der Waals surface area contributed by atoms with Crippen LogP contribution in [0, 0.1) is 11.6 Å². The first-order valence-electron chi connectivity index (χ1n) is 4.81. The molecule has 88 valence electrons. The molecule has 3 N–H and O–H groups in total. The van der Waals surface area contributed by atoms with Crippen LogP contribution in [0.3, 0.4) is 0 Å². The van der Waals surface area contributed by atoms with Gasteiger partial charge in [0, 0.05) is 6.07 Å². The number of aliphatic carboxylic acids is 1. The van der Waals surface area contributed by atoms with Crippen molar-refractivity contribution in [1.29, 1.82) is 0 Å². The first-order valence-corrected chi connectivity index (χ1v) is 4.81. The molecular weight excluding hydrogens is 216 g/mol. The quantitative estimate of drug-likeness (QED) is 0.781. The van der Waals surface area contributed by atoms with Gasteiger partial charge in [-0.25, -0.2) is 8.78 Å². The number of halogens is 2. The minimum Gasteiger partial charge on any atom is -0.481 e. The summed E-state index contributed by atoms with van der Waals surface area (Å²) < 4.78 is 26.3. The van der Waals surface area contributed by atoms with Crippen LogP contribution in [0.4, 0.5) is 14.5 Å². The van der Waals surface area contributed by atoms with Gasteiger partial charge in [0.05, 0.1) is 11.1 Å². The second-order valence-corrected chi connectivity index (χ2v) is 3.84. The number of hydrogen-bond donors (Lipinski definition) is 2. The SMILES string of the molecule is CCC(C)(C(=O)O)c1cc(F)cc(F)c1N. The maximum atomic E-state index is 13.2. The minimum atomic E-state index is -1.38. The average Bonchev–Trinajstić information content (AvgIpc) is 2.21. The Balaban J connectivity index is 3.47. The Morgan fingerprint density at radius 3 is 2.50 bits per heavy atom. The van der Waals surface area contributed by atoms with Crippen molar-refractivity contribution in [2.45, 2.75) is 25.7 Å². The van der Waals surface area contributed by atoms with Gasteiger partial charge in [-0.05, 0) is 25.0 Å². The van der Waals surface area contributed by atoms with Gasteiger partial charge in [-0.15, -0.1) is 0 Å². The van der Waals surface area contributed by atoms with Crippen molar-refractivity contribution < 1.29 is 18.7 Å². The smallest absolute Gasteiger partial charge is 0.313 e. The van der Waals surface area contributed by atoms with E-state index in [9.17, 15) is 13.6 Å². The summed E-state index contributed by atoms with van der Waals surface area (Å²) in [6.45, 7) is 3.01. The van der Waals surface area contributed by atoms with Crippen molar-refractivity contribution in [1.82, 2.24) is 0 Å². The molecule has 0 radical (unpaired) electrons. The average molecular weight is 229 g/mol. The minimum absolute atomic E-state index is 0.0278. The van der Waals surface area contributed by atoms with Gasteiger partial charge in [0.15, 0.2) is 0 Å². The molecule has 0 fully saturated rings. The lowest BCUT2D eigenvalue weighted by Crippen LogP contribution is -2.32. The second kappa shape index (κ2) is 4.08. The van der Waals surface area contributed by atoms with Crippen LogP contribution in [-0.2, 0) is 10.2 Å². The molecule has 16 heavy (non-hydrogen) atoms. The number of nitrogens with two attached hydrogens (primary N) is 1. The summed E-state index contributed by atoms with van der Waals surface area (Å²) in [6, 6.07) is 1.60. The van der Waals surface area contributed by atoms with E-state index in [0.29, 0.717) is 6.07 Å². The highest BCUT2D eigenvalue weighted by atomic mass is 19.1. The largest absolute Gasteiger partial charge is 0.481 e. The molecule has 0 saturated carbocycles. The van der Waals surface area contributed by atoms with Crippen LogP contribution in [0.2, 0.25) is 0 Å². The van der Waals surface area contributed by atoms with Crippen molar-refractivity contribution in [2.75, 3.05) is 5.73 Å². The first-order chi connectivity index (χ1) is 7.32. The number of carboxylic acids is 1. The van der Waals surface area contributed by atoms with Crippen molar-refractivity contribution in [3.63, 3.8) is 0 Å². The Morgan fingerprint density at radius 1 is 1.50 bits per heavy atom. The highest BCUT2D eigenvalue weighted by Gasteiger charge is 2.36. The van der Waals surface area contributed by atoms with Crippen molar-refractivity contribution in [3.8, 4) is 0 Å². The summed E-state index contributed by atoms with van der Waals surface area (Å²) in [4.78, 5) is 11.1. The Morgan fingerprint density at radius 2 is 2.06 bits per heavy atom. The summed E-state index contributed by atoms with van der Waals surface area (Å²) in [5, 5.41) is 9.09. The summed E-state index contributed by atoms with van der Waals surface area (Å²) in [6.07, 6.45) is 0.190. The monoisotopic (exact) mass is 229 g/mol. The summed E-state index contributed by atoms with van der Waals surface area (Å²) in [5.41, 5.74) is 3.72. The van der Waals surface area contributed by atoms with Gasteiger partial charge in [0.25, 0.3) is 0 Å². The van der Waals surface area contributed by atoms with Gasteiger partial charge in [0.2, 0.25) is 0 Å². The third-order valence-electron chi connectivity index (χ3n) is 2.87. The molecule has 3 nitrogen and oxygen atoms in total. The molecule has 0 heterocycles. The molecule has 0 aliphatic rings. The Kier molecular flexibility index (Phi) is 3.16. The van der Waals surface area contributed by atoms with Crippen LogP contribution in [0.5, 0.6) is 0 Å². The maximum Gasteiger partial charge on any atom is 0.313 e. The van der Waals surface area contributed by atoms with E-state index in [1.54, 1.807) is 6.92 Å². The highest BCUT2D eigenvalue weighted by Crippen LogP contribution is 2.34. The number of carbonyl (C=O) groups is 1. The van der Waals surface area contributed by atoms with E-state index in [0.717, 1.165) is 6.07 Å². The fraction of sp³-hybridized carbons (Fsp3) is 0.364. The van der Waals surface area contributed by atoms with Crippen LogP contribution in [0.15, 0.2) is 12.1 Å². The third-order valence-corrected chi connectivity index (χ3v) is 2.87. The van der Waals surface area contributed by atoms with Gasteiger partial charge in [-0.3, -0.25) is 4.79 Å². The molecule has 1 aromatic carbocycles. The number of benzene rings is 1. The fourth-order valence-electron chi connectivity index (χ4n) is 1.50. The summed E-state index contributed by atoms with van der Waals surface area (Å²) >= 11 is 0. The standard InChI is InChI=1S/C11H13F2NO2/c1-3-11(2,10(15)16)7-4-6(12)5-8(13)9(7)14/h4-5H,3,14H2,1-2H3,(H,15,16). The molecule has 0 aliphatic carbocycles. The zero-order valence-electron chi connectivity index (χ0n) is 9.05. The van der Waals surface area contributed by atoms with Gasteiger partial charge in [-0.2, -0.15) is 0 Å². The van der Waals surface area contributed by atoms with Crippen LogP contribution in [0.1, 0.15) is 25.8 Å². The predicted molar refractivity (Wildman–Crippen MR) is 56.0 cm³/mol. The van der Waals surface area contributed by atoms with E-state index in [4.69, 9.17) is 10.8 Å². The zero-order valence-corrected chi connectivity index (χ0v) is 9.05. The third kappa shape index (κ3) is 1.85. The summed E-state index contributed by atoms with van der Waals surface area (Å²) in [7, 11) is 0. The van der Waals surface area contributed by atoms with Crippen LogP contribution in [0.25, 0.3) is 0 Å². The Labute approximate surface area is 91.9 Å². The molecule has 0 spiro atoms. The van der Waals surface area contributed by atoms with E-state index >= 15 is 0 Å². The van der Waals surface area contributed by atoms with Crippen molar-refractivity contribution in [3.05, 3.63) is 29.3 Å². The summed E-state index contributed by atoms with van der Waals surface area (Å²) in [5.74, 6) is -2.93. The normalized spacial score (nSPS) is 14.5. The van der Waals surface area contributed by atoms with Gasteiger partial charge in [-0.1, -0.05) is 6.92 Å². The lowest BCUT2D eigenvalue weighted by Gasteiger charge is -2.25. The molecule has 0 saturated heterocycles. The maximum absolute atomic E-state index is 13.2. The predicted octanol–water partition coefficient (Wildman–Crippen LogP) is 2.30. The van der Waals surface area contributed by atoms with E-state index in [2.05, 4.69) is 0 Å². The van der Waals surface area contributed by atoms with Crippen LogP contribution >= 0.6 is 0 Å². The van der Waals surface area contributed by atoms with Crippen molar-refractivity contribution >= 4 is 11.7 Å². The number of carboxylic acid groups (broad SMARTS) is 1. The molecule has 1 unspecified atom stereocenters. The Hall–Kier alpha value is -1.65. The van der Waals surface area contributed by atoms with E-state index < -0.39 is 23.0 Å². The first kappa shape index (κ1) is 12.4. The molecule has 1 atom stereocenters. The molecule has 1 rings (SSSR count). The molecule has 0 amide bonds. The van der Waals surface area contributed by atoms with Crippen LogP contribution < -0.4 is 5.73 Å². The zero-order chi connectivity index (χ0) is 12.5. The topological polar surface area (TPSA) is 63.3 Å². The van der Waals surface area contributed by atoms with E-state index in [1.807, 2.05) is 0 Å². The molecule has 0 aliphatic heterocycles. The van der Waals surface area contributed by atoms with E-state index in [1.165, 1.54) is 6.92 Å². The van der Waals surface area contributed by atoms with Gasteiger partial charge < -0.3 is 10.8 Å². The Bertz CT molecular complexity index is 434. The van der Waals surface area contributed by atoms with E-state index in [-0.39, 0.29) is 17.7 Å². The van der Waals surface area contributed by atoms with Gasteiger partial charge >= 0.3 is 5.97 Å². The highest BCUT2D eigenvalue weighted by molar-refractivity contribution is 5.83. The number of anilines is 1. The lowest BCUT2D eigenvalue weighted by atomic mass is 9.79. The molecule has 0 aromatic heterocycles. The van der Waals surface area contributed by atoms with Gasteiger partial charge in [0.1, 0.15) is 11.6 Å². The van der Waals surface area contributed by atoms with Crippen LogP contribution in [-0.4, -0.2) is 11.1 Å². The number of nitrogen functional groups attached to an aromatic ring is 1. The molecule has 1 aromatic rings. The number of rotatable bonds is 3. The molecule has 0 bridgehead atoms. The van der Waals surface area contributed by atoms with Crippen molar-refractivity contribution in [2.24, 2.45) is 0 Å². The molecule has 5 heteroatoms. The fourth-order valence-corrected chi connectivity index (χ4v) is 1.50. The molecular formula is C11H13F2NO2. The lowest BCUT2D eigenvalue weighted by molar-refractivity contribution is -0.143. The number of hydrogen-bond acceptors (Lipinski definition) is 2.